The number of hydrogen-bond donors (Lipinski definition) is 3. The number of hydrogen-bond acceptors (Lipinski definition) is 4. The molecule has 0 radical (unpaired) electrons. The third-order valence-corrected chi connectivity index (χ3v) is 2.21. The first-order chi connectivity index (χ1) is 7.54. The Hall–Kier alpha value is -1.21. The van der Waals surface area contributed by atoms with Crippen molar-refractivity contribution in [1.82, 2.24) is 15.8 Å². The van der Waals surface area contributed by atoms with E-state index < -0.39 is 0 Å². The number of carbonyl (C=O) groups is 1. The topological polar surface area (TPSA) is 82.8 Å². The molecule has 6 nitrogen and oxygen atoms in total. The van der Waals surface area contributed by atoms with Crippen LogP contribution < -0.4 is 16.7 Å². The second kappa shape index (κ2) is 8.00. The third-order valence-electron chi connectivity index (χ3n) is 2.00. The number of nitrogens with two attached hydrogens (primary N) is 1. The predicted octanol–water partition coefficient (Wildman–Crippen LogP) is -0.0414. The Kier molecular flexibility index (Phi) is 7.40. The normalized spacial score (nSPS) is 10.9. The molecular formula is C9H19N5OS. The molecule has 0 saturated carbocycles. The molecule has 0 atom stereocenters. The summed E-state index contributed by atoms with van der Waals surface area (Å²) in [6.45, 7) is 7.06. The Morgan fingerprint density at radius 3 is 2.44 bits per heavy atom. The van der Waals surface area contributed by atoms with Gasteiger partial charge in [-0.3, -0.25) is 15.6 Å². The smallest absolute Gasteiger partial charge is 0.228 e. The number of rotatable bonds is 5. The lowest BCUT2D eigenvalue weighted by Gasteiger charge is -2.18. The van der Waals surface area contributed by atoms with Crippen molar-refractivity contribution in [3.05, 3.63) is 0 Å². The van der Waals surface area contributed by atoms with Crippen molar-refractivity contribution in [2.24, 2.45) is 10.9 Å². The summed E-state index contributed by atoms with van der Waals surface area (Å²) < 4.78 is 0. The van der Waals surface area contributed by atoms with Crippen LogP contribution in [0.15, 0.2) is 5.10 Å². The highest BCUT2D eigenvalue weighted by Crippen LogP contribution is 1.95. The van der Waals surface area contributed by atoms with Gasteiger partial charge in [-0.05, 0) is 33.0 Å². The van der Waals surface area contributed by atoms with Gasteiger partial charge in [0.05, 0.1) is 6.42 Å². The zero-order valence-corrected chi connectivity index (χ0v) is 10.7. The number of carbonyl (C=O) groups excluding carboxylic acids is 1. The summed E-state index contributed by atoms with van der Waals surface area (Å²) in [5.41, 5.74) is 5.42. The lowest BCUT2D eigenvalue weighted by atomic mass is 10.2. The quantitative estimate of drug-likeness (QED) is 0.274. The maximum Gasteiger partial charge on any atom is 0.228 e. The summed E-state index contributed by atoms with van der Waals surface area (Å²) in [6, 6.07) is 0. The van der Waals surface area contributed by atoms with Gasteiger partial charge in [0, 0.05) is 18.8 Å². The molecule has 4 N–H and O–H groups in total. The van der Waals surface area contributed by atoms with Crippen molar-refractivity contribution in [3.8, 4) is 0 Å². The zero-order valence-electron chi connectivity index (χ0n) is 9.91. The summed E-state index contributed by atoms with van der Waals surface area (Å²) >= 11 is 4.73. The van der Waals surface area contributed by atoms with Crippen molar-refractivity contribution in [1.29, 1.82) is 0 Å². The van der Waals surface area contributed by atoms with Crippen LogP contribution in [0.1, 0.15) is 27.2 Å². The molecule has 0 aromatic rings. The second-order valence-electron chi connectivity index (χ2n) is 3.18. The Morgan fingerprint density at radius 1 is 1.44 bits per heavy atom. The van der Waals surface area contributed by atoms with E-state index in [4.69, 9.17) is 18.1 Å². The van der Waals surface area contributed by atoms with Crippen LogP contribution in [0.2, 0.25) is 0 Å². The average Bonchev–Trinajstić information content (AvgIpc) is 2.27. The summed E-state index contributed by atoms with van der Waals surface area (Å²) in [7, 11) is 0. The van der Waals surface area contributed by atoms with E-state index in [1.807, 2.05) is 13.8 Å². The molecule has 7 heteroatoms. The summed E-state index contributed by atoms with van der Waals surface area (Å²) in [5.74, 6) is 5.11. The van der Waals surface area contributed by atoms with Gasteiger partial charge in [-0.25, -0.2) is 5.84 Å². The van der Waals surface area contributed by atoms with Gasteiger partial charge < -0.3 is 4.90 Å². The fraction of sp³-hybridized carbons (Fsp3) is 0.667. The first-order valence-corrected chi connectivity index (χ1v) is 5.53. The first kappa shape index (κ1) is 14.8. The van der Waals surface area contributed by atoms with Gasteiger partial charge in [-0.15, -0.1) is 0 Å². The lowest BCUT2D eigenvalue weighted by molar-refractivity contribution is -0.129. The first-order valence-electron chi connectivity index (χ1n) is 5.12. The van der Waals surface area contributed by atoms with Gasteiger partial charge in [0.1, 0.15) is 0 Å². The van der Waals surface area contributed by atoms with Crippen molar-refractivity contribution < 1.29 is 4.79 Å². The van der Waals surface area contributed by atoms with E-state index in [2.05, 4.69) is 16.0 Å². The Bertz CT molecular complexity index is 275. The summed E-state index contributed by atoms with van der Waals surface area (Å²) in [5, 5.41) is 4.14. The Balaban J connectivity index is 4.17. The molecule has 0 bridgehead atoms. The molecule has 0 spiro atoms. The highest BCUT2D eigenvalue weighted by molar-refractivity contribution is 7.80. The number of nitrogens with zero attached hydrogens (tertiary/aromatic N) is 2. The molecule has 0 heterocycles. The minimum Gasteiger partial charge on any atom is -0.343 e. The molecular weight excluding hydrogens is 226 g/mol. The molecule has 0 aromatic heterocycles. The molecule has 0 aliphatic heterocycles. The van der Waals surface area contributed by atoms with Crippen LogP contribution in [0.5, 0.6) is 0 Å². The van der Waals surface area contributed by atoms with Crippen LogP contribution in [0, 0.1) is 0 Å². The Morgan fingerprint density at radius 2 is 2.00 bits per heavy atom. The molecule has 0 aliphatic rings. The SMILES string of the molecule is CCN(CC)C(=O)CC(C)=NNC(=S)NN. The second-order valence-corrected chi connectivity index (χ2v) is 3.58. The Labute approximate surface area is 101 Å². The minimum atomic E-state index is 0.0553. The van der Waals surface area contributed by atoms with Crippen LogP contribution in [0.25, 0.3) is 0 Å². The predicted molar refractivity (Wildman–Crippen MR) is 68.7 cm³/mol. The van der Waals surface area contributed by atoms with E-state index in [1.54, 1.807) is 11.8 Å². The molecule has 0 aliphatic carbocycles. The maximum absolute atomic E-state index is 11.7. The number of nitrogens with one attached hydrogen (secondary N) is 2. The summed E-state index contributed by atoms with van der Waals surface area (Å²) in [6.07, 6.45) is 0.280. The van der Waals surface area contributed by atoms with Crippen molar-refractivity contribution in [2.45, 2.75) is 27.2 Å². The number of amides is 1. The molecule has 0 unspecified atom stereocenters. The van der Waals surface area contributed by atoms with Crippen molar-refractivity contribution in [2.75, 3.05) is 13.1 Å². The molecule has 92 valence electrons. The van der Waals surface area contributed by atoms with Crippen LogP contribution in [0.3, 0.4) is 0 Å². The molecule has 1 amide bonds. The van der Waals surface area contributed by atoms with Gasteiger partial charge in [0.25, 0.3) is 0 Å². The van der Waals surface area contributed by atoms with Gasteiger partial charge >= 0.3 is 0 Å². The van der Waals surface area contributed by atoms with Gasteiger partial charge in [-0.2, -0.15) is 5.10 Å². The van der Waals surface area contributed by atoms with E-state index in [-0.39, 0.29) is 17.4 Å². The maximum atomic E-state index is 11.7. The largest absolute Gasteiger partial charge is 0.343 e. The fourth-order valence-corrected chi connectivity index (χ4v) is 1.17. The zero-order chi connectivity index (χ0) is 12.6. The average molecular weight is 245 g/mol. The van der Waals surface area contributed by atoms with Gasteiger partial charge in [0.2, 0.25) is 11.0 Å². The summed E-state index contributed by atoms with van der Waals surface area (Å²) in [4.78, 5) is 13.4. The van der Waals surface area contributed by atoms with E-state index in [1.165, 1.54) is 0 Å². The van der Waals surface area contributed by atoms with Gasteiger partial charge in [-0.1, -0.05) is 0 Å². The number of thiocarbonyl (C=S) groups is 1. The number of hydrazine groups is 1. The van der Waals surface area contributed by atoms with Crippen LogP contribution in [0.4, 0.5) is 0 Å². The molecule has 0 rings (SSSR count). The molecule has 0 saturated heterocycles. The standard InChI is InChI=1S/C9H19N5OS/c1-4-14(5-2)8(15)6-7(3)12-13-9(16)11-10/h4-6,10H2,1-3H3,(H2,11,13,16). The highest BCUT2D eigenvalue weighted by atomic mass is 32.1. The lowest BCUT2D eigenvalue weighted by Crippen LogP contribution is -2.37. The van der Waals surface area contributed by atoms with Crippen molar-refractivity contribution >= 4 is 28.9 Å². The van der Waals surface area contributed by atoms with Gasteiger partial charge in [0.15, 0.2) is 0 Å². The molecule has 16 heavy (non-hydrogen) atoms. The number of hydrazone groups is 1. The minimum absolute atomic E-state index is 0.0553. The van der Waals surface area contributed by atoms with E-state index in [0.29, 0.717) is 18.8 Å². The highest BCUT2D eigenvalue weighted by Gasteiger charge is 2.10. The van der Waals surface area contributed by atoms with Crippen LogP contribution in [-0.2, 0) is 4.79 Å². The van der Waals surface area contributed by atoms with Crippen molar-refractivity contribution in [3.63, 3.8) is 0 Å². The van der Waals surface area contributed by atoms with E-state index >= 15 is 0 Å². The molecule has 0 aromatic carbocycles. The van der Waals surface area contributed by atoms with Crippen LogP contribution >= 0.6 is 12.2 Å². The molecule has 0 fully saturated rings. The van der Waals surface area contributed by atoms with Crippen LogP contribution in [-0.4, -0.2) is 34.7 Å². The van der Waals surface area contributed by atoms with E-state index in [0.717, 1.165) is 0 Å². The third kappa shape index (κ3) is 5.62. The monoisotopic (exact) mass is 245 g/mol. The van der Waals surface area contributed by atoms with E-state index in [9.17, 15) is 4.79 Å². The fourth-order valence-electron chi connectivity index (χ4n) is 1.12.